The molecule has 150 valence electrons. The first-order valence-corrected chi connectivity index (χ1v) is 9.84. The van der Waals surface area contributed by atoms with E-state index in [9.17, 15) is 9.59 Å². The first kappa shape index (κ1) is 20.4. The molecule has 0 fully saturated rings. The summed E-state index contributed by atoms with van der Waals surface area (Å²) in [7, 11) is 1.57. The fourth-order valence-corrected chi connectivity index (χ4v) is 3.14. The number of carbonyl (C=O) groups excluding carboxylic acids is 2. The number of thiophene rings is 1. The molecule has 1 heterocycles. The molecule has 0 aliphatic heterocycles. The van der Waals surface area contributed by atoms with E-state index in [1.807, 2.05) is 36.4 Å². The van der Waals surface area contributed by atoms with Crippen LogP contribution in [0.4, 0.5) is 0 Å². The Bertz CT molecular complexity index is 941. The van der Waals surface area contributed by atoms with E-state index in [2.05, 4.69) is 5.32 Å². The lowest BCUT2D eigenvalue weighted by molar-refractivity contribution is -0.124. The zero-order valence-corrected chi connectivity index (χ0v) is 16.7. The van der Waals surface area contributed by atoms with Crippen molar-refractivity contribution in [1.29, 1.82) is 0 Å². The molecule has 1 N–H and O–H groups in total. The number of esters is 1. The molecule has 0 bridgehead atoms. The molecule has 7 heteroatoms. The monoisotopic (exact) mass is 411 g/mol. The van der Waals surface area contributed by atoms with Crippen LogP contribution >= 0.6 is 11.3 Å². The Morgan fingerprint density at radius 2 is 1.79 bits per heavy atom. The van der Waals surface area contributed by atoms with E-state index in [0.717, 1.165) is 11.1 Å². The highest BCUT2D eigenvalue weighted by Gasteiger charge is 2.11. The van der Waals surface area contributed by atoms with Gasteiger partial charge in [-0.15, -0.1) is 11.3 Å². The summed E-state index contributed by atoms with van der Waals surface area (Å²) >= 11 is 1.27. The zero-order valence-electron chi connectivity index (χ0n) is 15.9. The minimum Gasteiger partial charge on any atom is -0.493 e. The van der Waals surface area contributed by atoms with Crippen molar-refractivity contribution in [2.24, 2.45) is 0 Å². The van der Waals surface area contributed by atoms with Crippen molar-refractivity contribution in [1.82, 2.24) is 5.32 Å². The molecular weight excluding hydrogens is 390 g/mol. The summed E-state index contributed by atoms with van der Waals surface area (Å²) in [5, 5.41) is 4.49. The van der Waals surface area contributed by atoms with Crippen LogP contribution in [-0.4, -0.2) is 25.6 Å². The van der Waals surface area contributed by atoms with Crippen molar-refractivity contribution < 1.29 is 23.8 Å². The number of carbonyl (C=O) groups is 2. The number of methoxy groups -OCH3 is 1. The summed E-state index contributed by atoms with van der Waals surface area (Å²) in [4.78, 5) is 24.1. The molecule has 0 spiro atoms. The summed E-state index contributed by atoms with van der Waals surface area (Å²) in [6.07, 6.45) is 0. The molecule has 29 heavy (non-hydrogen) atoms. The third-order valence-electron chi connectivity index (χ3n) is 4.01. The topological polar surface area (TPSA) is 73.9 Å². The van der Waals surface area contributed by atoms with E-state index in [-0.39, 0.29) is 19.1 Å². The maximum Gasteiger partial charge on any atom is 0.348 e. The SMILES string of the molecule is COc1cc(CNC(=O)COC(=O)c2cccs2)ccc1OCc1ccccc1. The third kappa shape index (κ3) is 6.08. The van der Waals surface area contributed by atoms with Gasteiger partial charge in [-0.1, -0.05) is 42.5 Å². The lowest BCUT2D eigenvalue weighted by Crippen LogP contribution is -2.28. The quantitative estimate of drug-likeness (QED) is 0.542. The Hall–Kier alpha value is -3.32. The van der Waals surface area contributed by atoms with Crippen LogP contribution in [0.2, 0.25) is 0 Å². The van der Waals surface area contributed by atoms with Crippen molar-refractivity contribution in [3.63, 3.8) is 0 Å². The molecule has 3 rings (SSSR count). The van der Waals surface area contributed by atoms with Gasteiger partial charge in [-0.2, -0.15) is 0 Å². The Labute approximate surface area is 173 Å². The normalized spacial score (nSPS) is 10.2. The van der Waals surface area contributed by atoms with Crippen LogP contribution in [0, 0.1) is 0 Å². The fourth-order valence-electron chi connectivity index (χ4n) is 2.53. The summed E-state index contributed by atoms with van der Waals surface area (Å²) in [5.41, 5.74) is 1.90. The number of hydrogen-bond donors (Lipinski definition) is 1. The molecule has 1 aromatic heterocycles. The standard InChI is InChI=1S/C22H21NO5S/c1-26-19-12-17(9-10-18(19)27-14-16-6-3-2-4-7-16)13-23-21(24)15-28-22(25)20-8-5-11-29-20/h2-12H,13-15H2,1H3,(H,23,24). The third-order valence-corrected chi connectivity index (χ3v) is 4.86. The molecule has 2 aromatic carbocycles. The fraction of sp³-hybridized carbons (Fsp3) is 0.182. The van der Waals surface area contributed by atoms with Gasteiger partial charge in [0.15, 0.2) is 18.1 Å². The Balaban J connectivity index is 1.49. The van der Waals surface area contributed by atoms with E-state index in [4.69, 9.17) is 14.2 Å². The predicted octanol–water partition coefficient (Wildman–Crippen LogP) is 3.81. The van der Waals surface area contributed by atoms with Gasteiger partial charge in [0.1, 0.15) is 11.5 Å². The highest BCUT2D eigenvalue weighted by molar-refractivity contribution is 7.11. The number of hydrogen-bond acceptors (Lipinski definition) is 6. The average Bonchev–Trinajstić information content (AvgIpc) is 3.30. The van der Waals surface area contributed by atoms with Crippen LogP contribution in [0.1, 0.15) is 20.8 Å². The summed E-state index contributed by atoms with van der Waals surface area (Å²) < 4.78 is 16.2. The van der Waals surface area contributed by atoms with Gasteiger partial charge in [0.2, 0.25) is 0 Å². The van der Waals surface area contributed by atoms with E-state index >= 15 is 0 Å². The van der Waals surface area contributed by atoms with Gasteiger partial charge in [0, 0.05) is 6.54 Å². The minimum atomic E-state index is -0.503. The summed E-state index contributed by atoms with van der Waals surface area (Å²) in [5.74, 6) is 0.322. The van der Waals surface area contributed by atoms with E-state index in [0.29, 0.717) is 23.0 Å². The highest BCUT2D eigenvalue weighted by atomic mass is 32.1. The van der Waals surface area contributed by atoms with Crippen molar-refractivity contribution in [2.45, 2.75) is 13.2 Å². The second-order valence-corrected chi connectivity index (χ2v) is 7.04. The molecule has 0 atom stereocenters. The lowest BCUT2D eigenvalue weighted by Gasteiger charge is -2.13. The number of benzene rings is 2. The van der Waals surface area contributed by atoms with E-state index < -0.39 is 5.97 Å². The number of nitrogens with one attached hydrogen (secondary N) is 1. The smallest absolute Gasteiger partial charge is 0.348 e. The maximum atomic E-state index is 11.9. The number of rotatable bonds is 9. The molecule has 1 amide bonds. The van der Waals surface area contributed by atoms with Crippen LogP contribution in [0.3, 0.4) is 0 Å². The molecule has 0 saturated heterocycles. The van der Waals surface area contributed by atoms with Gasteiger partial charge >= 0.3 is 5.97 Å². The van der Waals surface area contributed by atoms with E-state index in [1.165, 1.54) is 11.3 Å². The predicted molar refractivity (Wildman–Crippen MR) is 110 cm³/mol. The number of amides is 1. The van der Waals surface area contributed by atoms with Crippen LogP contribution in [0.15, 0.2) is 66.0 Å². The number of ether oxygens (including phenoxy) is 3. The summed E-state index contributed by atoms with van der Waals surface area (Å²) in [6, 6.07) is 18.7. The molecule has 0 aliphatic carbocycles. The molecule has 3 aromatic rings. The first-order valence-electron chi connectivity index (χ1n) is 8.96. The second kappa shape index (κ2) is 10.3. The molecular formula is C22H21NO5S. The van der Waals surface area contributed by atoms with Gasteiger partial charge in [-0.25, -0.2) is 4.79 Å². The van der Waals surface area contributed by atoms with Gasteiger partial charge < -0.3 is 19.5 Å². The first-order chi connectivity index (χ1) is 14.2. The van der Waals surface area contributed by atoms with Crippen molar-refractivity contribution in [3.05, 3.63) is 82.0 Å². The van der Waals surface area contributed by atoms with E-state index in [1.54, 1.807) is 36.8 Å². The van der Waals surface area contributed by atoms with Crippen LogP contribution < -0.4 is 14.8 Å². The Kier molecular flexibility index (Phi) is 7.24. The molecule has 6 nitrogen and oxygen atoms in total. The highest BCUT2D eigenvalue weighted by Crippen LogP contribution is 2.28. The van der Waals surface area contributed by atoms with Gasteiger partial charge in [0.25, 0.3) is 5.91 Å². The molecule has 0 radical (unpaired) electrons. The molecule has 0 aliphatic rings. The van der Waals surface area contributed by atoms with Gasteiger partial charge in [-0.05, 0) is 34.7 Å². The minimum absolute atomic E-state index is 0.282. The van der Waals surface area contributed by atoms with Crippen molar-refractivity contribution in [2.75, 3.05) is 13.7 Å². The average molecular weight is 411 g/mol. The lowest BCUT2D eigenvalue weighted by atomic mass is 10.2. The van der Waals surface area contributed by atoms with Crippen molar-refractivity contribution >= 4 is 23.2 Å². The maximum absolute atomic E-state index is 11.9. The van der Waals surface area contributed by atoms with Crippen molar-refractivity contribution in [3.8, 4) is 11.5 Å². The van der Waals surface area contributed by atoms with Gasteiger partial charge in [-0.3, -0.25) is 4.79 Å². The zero-order chi connectivity index (χ0) is 20.5. The van der Waals surface area contributed by atoms with Gasteiger partial charge in [0.05, 0.1) is 7.11 Å². The molecule has 0 saturated carbocycles. The Morgan fingerprint density at radius 1 is 0.966 bits per heavy atom. The van der Waals surface area contributed by atoms with Crippen LogP contribution in [0.25, 0.3) is 0 Å². The largest absolute Gasteiger partial charge is 0.493 e. The second-order valence-electron chi connectivity index (χ2n) is 6.09. The van der Waals surface area contributed by atoms with Crippen LogP contribution in [-0.2, 0) is 22.7 Å². The van der Waals surface area contributed by atoms with Crippen LogP contribution in [0.5, 0.6) is 11.5 Å². The summed E-state index contributed by atoms with van der Waals surface area (Å²) in [6.45, 7) is 0.389. The Morgan fingerprint density at radius 3 is 2.52 bits per heavy atom. The molecule has 0 unspecified atom stereocenters.